The lowest BCUT2D eigenvalue weighted by Crippen LogP contribution is -2.34. The van der Waals surface area contributed by atoms with E-state index in [2.05, 4.69) is 53.3 Å². The molecule has 1 aliphatic rings. The van der Waals surface area contributed by atoms with E-state index in [9.17, 15) is 4.79 Å². The number of hydrogen-bond acceptors (Lipinski definition) is 2. The molecule has 1 aliphatic heterocycles. The van der Waals surface area contributed by atoms with Gasteiger partial charge in [-0.2, -0.15) is 0 Å². The predicted octanol–water partition coefficient (Wildman–Crippen LogP) is 5.35. The number of thioether (sulfide) groups is 1. The van der Waals surface area contributed by atoms with Crippen LogP contribution < -0.4 is 5.32 Å². The van der Waals surface area contributed by atoms with Crippen molar-refractivity contribution in [1.82, 2.24) is 4.90 Å². The van der Waals surface area contributed by atoms with Crippen LogP contribution in [0.3, 0.4) is 0 Å². The summed E-state index contributed by atoms with van der Waals surface area (Å²) in [5, 5.41) is 3.08. The number of nitrogens with one attached hydrogen (secondary N) is 1. The van der Waals surface area contributed by atoms with Crippen molar-refractivity contribution in [2.75, 3.05) is 17.6 Å². The molecule has 0 aliphatic carbocycles. The number of amides is 2. The average Bonchev–Trinajstić information content (AvgIpc) is 2.99. The molecule has 0 aromatic heterocycles. The van der Waals surface area contributed by atoms with Gasteiger partial charge in [-0.3, -0.25) is 0 Å². The predicted molar refractivity (Wildman–Crippen MR) is 101 cm³/mol. The second-order valence-electron chi connectivity index (χ2n) is 5.71. The molecular weight excluding hydrogens is 372 g/mol. The van der Waals surface area contributed by atoms with E-state index in [1.54, 1.807) is 0 Å². The first-order valence-corrected chi connectivity index (χ1v) is 9.41. The second kappa shape index (κ2) is 6.97. The van der Waals surface area contributed by atoms with E-state index in [1.165, 1.54) is 16.7 Å². The highest BCUT2D eigenvalue weighted by Gasteiger charge is 2.31. The molecule has 5 heteroatoms. The first-order chi connectivity index (χ1) is 11.0. The van der Waals surface area contributed by atoms with Crippen LogP contribution in [-0.4, -0.2) is 23.2 Å². The van der Waals surface area contributed by atoms with Crippen LogP contribution in [0.4, 0.5) is 10.5 Å². The van der Waals surface area contributed by atoms with Gasteiger partial charge in [-0.25, -0.2) is 4.79 Å². The third-order valence-electron chi connectivity index (χ3n) is 3.94. The van der Waals surface area contributed by atoms with Crippen molar-refractivity contribution in [2.45, 2.75) is 19.2 Å². The molecule has 0 bridgehead atoms. The van der Waals surface area contributed by atoms with E-state index in [4.69, 9.17) is 0 Å². The summed E-state index contributed by atoms with van der Waals surface area (Å²) >= 11 is 5.23. The van der Waals surface area contributed by atoms with Gasteiger partial charge in [0.25, 0.3) is 0 Å². The molecular formula is C18H19BrN2OS. The van der Waals surface area contributed by atoms with Crippen molar-refractivity contribution in [1.29, 1.82) is 0 Å². The number of hydrogen-bond donors (Lipinski definition) is 1. The maximum Gasteiger partial charge on any atom is 0.323 e. The number of anilines is 1. The Morgan fingerprint density at radius 1 is 1.22 bits per heavy atom. The lowest BCUT2D eigenvalue weighted by Gasteiger charge is -2.25. The molecule has 0 unspecified atom stereocenters. The first-order valence-electron chi connectivity index (χ1n) is 7.56. The summed E-state index contributed by atoms with van der Waals surface area (Å²) in [6, 6.07) is 14.1. The van der Waals surface area contributed by atoms with E-state index >= 15 is 0 Å². The molecule has 0 saturated carbocycles. The van der Waals surface area contributed by atoms with Gasteiger partial charge in [0, 0.05) is 22.5 Å². The van der Waals surface area contributed by atoms with Gasteiger partial charge < -0.3 is 10.2 Å². The van der Waals surface area contributed by atoms with Crippen LogP contribution in [0.5, 0.6) is 0 Å². The standard InChI is InChI=1S/C18H19BrN2OS/c1-12-3-8-16(13(2)11-12)17-21(9-10-23-17)18(22)20-15-6-4-14(19)5-7-15/h3-8,11,17H,9-10H2,1-2H3,(H,20,22)/t17-/m0/s1. The first kappa shape index (κ1) is 16.4. The van der Waals surface area contributed by atoms with Crippen molar-refractivity contribution < 1.29 is 4.79 Å². The fraction of sp³-hybridized carbons (Fsp3) is 0.278. The van der Waals surface area contributed by atoms with Crippen LogP contribution in [0.15, 0.2) is 46.9 Å². The third-order valence-corrected chi connectivity index (χ3v) is 5.71. The number of benzene rings is 2. The molecule has 1 fully saturated rings. The normalized spacial score (nSPS) is 17.3. The SMILES string of the molecule is Cc1ccc([C@@H]2SCCN2C(=O)Nc2ccc(Br)cc2)c(C)c1. The number of urea groups is 1. The number of aryl methyl sites for hydroxylation is 2. The topological polar surface area (TPSA) is 32.3 Å². The summed E-state index contributed by atoms with van der Waals surface area (Å²) in [5.74, 6) is 0.964. The lowest BCUT2D eigenvalue weighted by atomic mass is 10.1. The minimum absolute atomic E-state index is 0.0395. The van der Waals surface area contributed by atoms with Crippen molar-refractivity contribution in [2.24, 2.45) is 0 Å². The van der Waals surface area contributed by atoms with E-state index in [0.29, 0.717) is 0 Å². The van der Waals surface area contributed by atoms with Crippen molar-refractivity contribution in [3.8, 4) is 0 Å². The van der Waals surface area contributed by atoms with Gasteiger partial charge in [-0.05, 0) is 49.2 Å². The lowest BCUT2D eigenvalue weighted by molar-refractivity contribution is 0.214. The Morgan fingerprint density at radius 2 is 1.96 bits per heavy atom. The van der Waals surface area contributed by atoms with Gasteiger partial charge in [0.1, 0.15) is 5.37 Å². The molecule has 1 heterocycles. The molecule has 23 heavy (non-hydrogen) atoms. The van der Waals surface area contributed by atoms with E-state index < -0.39 is 0 Å². The van der Waals surface area contributed by atoms with Crippen LogP contribution in [0, 0.1) is 13.8 Å². The van der Waals surface area contributed by atoms with E-state index in [1.807, 2.05) is 40.9 Å². The summed E-state index contributed by atoms with van der Waals surface area (Å²) in [5.41, 5.74) is 4.53. The highest BCUT2D eigenvalue weighted by Crippen LogP contribution is 2.39. The zero-order valence-corrected chi connectivity index (χ0v) is 15.6. The molecule has 1 saturated heterocycles. The fourth-order valence-electron chi connectivity index (χ4n) is 2.77. The van der Waals surface area contributed by atoms with Gasteiger partial charge >= 0.3 is 6.03 Å². The van der Waals surface area contributed by atoms with E-state index in [0.717, 1.165) is 22.5 Å². The molecule has 120 valence electrons. The second-order valence-corrected chi connectivity index (χ2v) is 7.82. The minimum atomic E-state index is -0.0395. The zero-order chi connectivity index (χ0) is 16.4. The van der Waals surface area contributed by atoms with Crippen molar-refractivity contribution in [3.05, 3.63) is 63.6 Å². The van der Waals surface area contributed by atoms with Crippen LogP contribution in [0.1, 0.15) is 22.1 Å². The van der Waals surface area contributed by atoms with Gasteiger partial charge in [0.2, 0.25) is 0 Å². The average molecular weight is 391 g/mol. The molecule has 3 nitrogen and oxygen atoms in total. The molecule has 0 spiro atoms. The Balaban J connectivity index is 1.78. The van der Waals surface area contributed by atoms with Crippen molar-refractivity contribution >= 4 is 39.4 Å². The Kier molecular flexibility index (Phi) is 4.97. The highest BCUT2D eigenvalue weighted by molar-refractivity contribution is 9.10. The largest absolute Gasteiger partial charge is 0.323 e. The van der Waals surface area contributed by atoms with Crippen molar-refractivity contribution in [3.63, 3.8) is 0 Å². The number of nitrogens with zero attached hydrogens (tertiary/aromatic N) is 1. The molecule has 0 radical (unpaired) electrons. The third kappa shape index (κ3) is 3.72. The van der Waals surface area contributed by atoms with Gasteiger partial charge in [-0.15, -0.1) is 11.8 Å². The Labute approximate surface area is 149 Å². The number of rotatable bonds is 2. The molecule has 2 aromatic rings. The number of carbonyl (C=O) groups is 1. The Hall–Kier alpha value is -1.46. The zero-order valence-electron chi connectivity index (χ0n) is 13.2. The number of carbonyl (C=O) groups excluding carboxylic acids is 1. The molecule has 2 amide bonds. The fourth-order valence-corrected chi connectivity index (χ4v) is 4.38. The van der Waals surface area contributed by atoms with Crippen LogP contribution >= 0.6 is 27.7 Å². The molecule has 1 N–H and O–H groups in total. The van der Waals surface area contributed by atoms with Gasteiger partial charge in [0.15, 0.2) is 0 Å². The smallest absolute Gasteiger partial charge is 0.308 e. The highest BCUT2D eigenvalue weighted by atomic mass is 79.9. The maximum absolute atomic E-state index is 12.7. The molecule has 3 rings (SSSR count). The maximum atomic E-state index is 12.7. The summed E-state index contributed by atoms with van der Waals surface area (Å²) < 4.78 is 1.00. The minimum Gasteiger partial charge on any atom is -0.308 e. The molecule has 2 aromatic carbocycles. The summed E-state index contributed by atoms with van der Waals surface area (Å²) in [7, 11) is 0. The van der Waals surface area contributed by atoms with Crippen LogP contribution in [0.2, 0.25) is 0 Å². The van der Waals surface area contributed by atoms with Crippen LogP contribution in [-0.2, 0) is 0 Å². The Morgan fingerprint density at radius 3 is 2.65 bits per heavy atom. The number of halogens is 1. The summed E-state index contributed by atoms with van der Waals surface area (Å²) in [6.45, 7) is 4.98. The van der Waals surface area contributed by atoms with E-state index in [-0.39, 0.29) is 11.4 Å². The summed E-state index contributed by atoms with van der Waals surface area (Å²) in [6.07, 6.45) is 0. The molecule has 1 atom stereocenters. The van der Waals surface area contributed by atoms with Gasteiger partial charge in [-0.1, -0.05) is 39.7 Å². The Bertz CT molecular complexity index is 717. The van der Waals surface area contributed by atoms with Crippen LogP contribution in [0.25, 0.3) is 0 Å². The summed E-state index contributed by atoms with van der Waals surface area (Å²) in [4.78, 5) is 14.6. The van der Waals surface area contributed by atoms with Gasteiger partial charge in [0.05, 0.1) is 0 Å². The quantitative estimate of drug-likeness (QED) is 0.749. The monoisotopic (exact) mass is 390 g/mol.